The van der Waals surface area contributed by atoms with Crippen molar-refractivity contribution < 1.29 is 9.59 Å². The maximum atomic E-state index is 10.9. The highest BCUT2D eigenvalue weighted by Gasteiger charge is 2.02. The van der Waals surface area contributed by atoms with Crippen LogP contribution in [0.5, 0.6) is 0 Å². The van der Waals surface area contributed by atoms with Gasteiger partial charge in [-0.05, 0) is 58.3 Å². The molecule has 1 rings (SSSR count). The Morgan fingerprint density at radius 2 is 1.77 bits per heavy atom. The van der Waals surface area contributed by atoms with Crippen LogP contribution in [0.2, 0.25) is 0 Å². The van der Waals surface area contributed by atoms with Crippen molar-refractivity contribution in [1.29, 1.82) is 0 Å². The van der Waals surface area contributed by atoms with Gasteiger partial charge in [0, 0.05) is 44.0 Å². The Hall–Kier alpha value is -2.22. The van der Waals surface area contributed by atoms with E-state index in [0.717, 1.165) is 88.4 Å². The van der Waals surface area contributed by atoms with Gasteiger partial charge in [0.1, 0.15) is 12.1 Å². The van der Waals surface area contributed by atoms with E-state index >= 15 is 0 Å². The molecule has 0 aliphatic rings. The first-order valence-corrected chi connectivity index (χ1v) is 11.8. The molecule has 4 N–H and O–H groups in total. The van der Waals surface area contributed by atoms with Crippen molar-refractivity contribution in [2.45, 2.75) is 104 Å². The topological polar surface area (TPSA) is 120 Å². The highest BCUT2D eigenvalue weighted by Crippen LogP contribution is 2.10. The van der Waals surface area contributed by atoms with Crippen LogP contribution in [0.4, 0.5) is 0 Å². The van der Waals surface area contributed by atoms with E-state index in [1.54, 1.807) is 18.1 Å². The number of hydrazine groups is 1. The minimum atomic E-state index is 0.243. The number of aryl methyl sites for hydroxylation is 2. The predicted molar refractivity (Wildman–Crippen MR) is 126 cm³/mol. The highest BCUT2D eigenvalue weighted by molar-refractivity contribution is 5.75. The fourth-order valence-electron chi connectivity index (χ4n) is 3.06. The van der Waals surface area contributed by atoms with Crippen LogP contribution >= 0.6 is 0 Å². The van der Waals surface area contributed by atoms with Gasteiger partial charge in [-0.15, -0.1) is 5.10 Å². The minimum absolute atomic E-state index is 0.243. The number of allylic oxidation sites excluding steroid dienone is 1. The molecule has 0 spiro atoms. The van der Waals surface area contributed by atoms with E-state index in [4.69, 9.17) is 11.6 Å². The molecular weight excluding hydrogens is 392 g/mol. The number of nitrogens with zero attached hydrogens (tertiary/aromatic N) is 4. The van der Waals surface area contributed by atoms with E-state index in [-0.39, 0.29) is 5.78 Å². The normalized spacial score (nSPS) is 11.0. The van der Waals surface area contributed by atoms with Crippen LogP contribution in [0.3, 0.4) is 0 Å². The summed E-state index contributed by atoms with van der Waals surface area (Å²) in [5, 5.41) is 9.99. The zero-order valence-corrected chi connectivity index (χ0v) is 19.9. The number of hydrogen-bond donors (Lipinski definition) is 2. The second kappa shape index (κ2) is 19.7. The van der Waals surface area contributed by atoms with E-state index in [1.807, 2.05) is 24.7 Å². The molecule has 0 amide bonds. The number of ketones is 1. The molecule has 1 aromatic rings. The molecule has 0 aromatic carbocycles. The quantitative estimate of drug-likeness (QED) is 0.155. The molecular formula is C23H44N6O2. The van der Waals surface area contributed by atoms with Crippen LogP contribution in [0, 0.1) is 0 Å². The number of rotatable bonds is 18. The van der Waals surface area contributed by atoms with Crippen LogP contribution in [0.15, 0.2) is 18.1 Å². The second-order valence-electron chi connectivity index (χ2n) is 7.65. The summed E-state index contributed by atoms with van der Waals surface area (Å²) >= 11 is 0. The Bertz CT molecular complexity index is 615. The van der Waals surface area contributed by atoms with E-state index in [0.29, 0.717) is 19.4 Å². The van der Waals surface area contributed by atoms with Crippen molar-refractivity contribution in [1.82, 2.24) is 20.0 Å². The van der Waals surface area contributed by atoms with E-state index in [9.17, 15) is 9.59 Å². The van der Waals surface area contributed by atoms with Crippen LogP contribution < -0.4 is 11.6 Å². The summed E-state index contributed by atoms with van der Waals surface area (Å²) in [6.45, 7) is 7.16. The minimum Gasteiger partial charge on any atom is -0.401 e. The number of aromatic nitrogens is 3. The molecule has 8 heteroatoms. The maximum absolute atomic E-state index is 10.9. The average Bonchev–Trinajstić information content (AvgIpc) is 3.20. The van der Waals surface area contributed by atoms with Crippen molar-refractivity contribution in [2.24, 2.45) is 11.6 Å². The third-order valence-corrected chi connectivity index (χ3v) is 4.72. The Balaban J connectivity index is 0.00000436. The van der Waals surface area contributed by atoms with Crippen molar-refractivity contribution in [3.05, 3.63) is 23.8 Å². The molecule has 1 aromatic heterocycles. The van der Waals surface area contributed by atoms with E-state index in [1.165, 1.54) is 0 Å². The number of carbonyl (C=O) groups excluding carboxylic acids is 2. The summed E-state index contributed by atoms with van der Waals surface area (Å²) < 4.78 is 1.87. The van der Waals surface area contributed by atoms with Crippen LogP contribution in [-0.4, -0.2) is 38.6 Å². The molecule has 1 heterocycles. The predicted octanol–water partition coefficient (Wildman–Crippen LogP) is 3.90. The van der Waals surface area contributed by atoms with E-state index < -0.39 is 0 Å². The van der Waals surface area contributed by atoms with Crippen LogP contribution in [0.1, 0.15) is 97.1 Å². The molecule has 0 atom stereocenters. The van der Waals surface area contributed by atoms with Gasteiger partial charge in [0.25, 0.3) is 0 Å². The van der Waals surface area contributed by atoms with Crippen molar-refractivity contribution in [2.75, 3.05) is 6.54 Å². The molecule has 8 nitrogen and oxygen atoms in total. The molecule has 31 heavy (non-hydrogen) atoms. The first-order valence-electron chi connectivity index (χ1n) is 11.8. The number of nitrogens with two attached hydrogens (primary N) is 2. The molecule has 178 valence electrons. The highest BCUT2D eigenvalue weighted by atomic mass is 16.1. The number of Topliss-reactive ketones (excluding diaryl/α,β-unsaturated/α-hetero) is 1. The zero-order valence-electron chi connectivity index (χ0n) is 19.9. The third-order valence-electron chi connectivity index (χ3n) is 4.72. The summed E-state index contributed by atoms with van der Waals surface area (Å²) in [4.78, 5) is 21.2. The monoisotopic (exact) mass is 436 g/mol. The lowest BCUT2D eigenvalue weighted by atomic mass is 10.1. The first-order chi connectivity index (χ1) is 15.0. The van der Waals surface area contributed by atoms with Gasteiger partial charge in [-0.25, -0.2) is 5.84 Å². The van der Waals surface area contributed by atoms with Gasteiger partial charge in [-0.1, -0.05) is 31.9 Å². The fraction of sp³-hybridized carbons (Fsp3) is 0.739. The summed E-state index contributed by atoms with van der Waals surface area (Å²) in [5.41, 5.74) is 7.86. The molecule has 0 fully saturated rings. The molecule has 0 saturated carbocycles. The van der Waals surface area contributed by atoms with E-state index in [2.05, 4.69) is 10.3 Å². The lowest BCUT2D eigenvalue weighted by molar-refractivity contribution is -0.117. The molecule has 0 unspecified atom stereocenters. The summed E-state index contributed by atoms with van der Waals surface area (Å²) in [5.74, 6) is 6.13. The number of hydrogen-bond acceptors (Lipinski definition) is 7. The summed E-state index contributed by atoms with van der Waals surface area (Å²) in [7, 11) is 0. The van der Waals surface area contributed by atoms with Gasteiger partial charge >= 0.3 is 0 Å². The largest absolute Gasteiger partial charge is 0.401 e. The van der Waals surface area contributed by atoms with Crippen LogP contribution in [0.25, 0.3) is 0 Å². The SMILES string of the molecule is CC.CC(=O)CCCCn1cc(CCCCCC/C(N)=C/N(N)CCCCC=O)nn1. The fourth-order valence-corrected chi connectivity index (χ4v) is 3.06. The molecule has 0 radical (unpaired) electrons. The molecule has 0 saturated heterocycles. The Labute approximate surface area is 188 Å². The summed E-state index contributed by atoms with van der Waals surface area (Å²) in [6, 6.07) is 0. The van der Waals surface area contributed by atoms with Crippen LogP contribution in [-0.2, 0) is 22.6 Å². The lowest BCUT2D eigenvalue weighted by Crippen LogP contribution is -2.27. The van der Waals surface area contributed by atoms with Gasteiger partial charge in [-0.3, -0.25) is 4.68 Å². The van der Waals surface area contributed by atoms with Gasteiger partial charge < -0.3 is 20.3 Å². The third kappa shape index (κ3) is 17.2. The smallest absolute Gasteiger partial charge is 0.129 e. The number of carbonyl (C=O) groups is 2. The summed E-state index contributed by atoms with van der Waals surface area (Å²) in [6.07, 6.45) is 15.8. The average molecular weight is 437 g/mol. The van der Waals surface area contributed by atoms with Gasteiger partial charge in [0.05, 0.1) is 5.69 Å². The maximum Gasteiger partial charge on any atom is 0.129 e. The lowest BCUT2D eigenvalue weighted by Gasteiger charge is -2.14. The second-order valence-corrected chi connectivity index (χ2v) is 7.65. The molecule has 0 aliphatic heterocycles. The first kappa shape index (κ1) is 28.8. The number of unbranched alkanes of at least 4 members (excludes halogenated alkanes) is 6. The zero-order chi connectivity index (χ0) is 23.3. The standard InChI is InChI=1S/C21H38N6O2.C2H6/c1-19(29)11-7-9-15-27-18-21(24-25-27)13-6-3-2-5-12-20(22)17-26(23)14-8-4-10-16-28;1-2/h16-18H,2-15,22-23H2,1H3;1-2H3/b20-17-;. The Morgan fingerprint density at radius 3 is 2.48 bits per heavy atom. The van der Waals surface area contributed by atoms with Gasteiger partial charge in [0.15, 0.2) is 0 Å². The molecule has 0 bridgehead atoms. The van der Waals surface area contributed by atoms with Gasteiger partial charge in [-0.2, -0.15) is 0 Å². The Morgan fingerprint density at radius 1 is 1.06 bits per heavy atom. The van der Waals surface area contributed by atoms with Crippen molar-refractivity contribution in [3.63, 3.8) is 0 Å². The molecule has 0 aliphatic carbocycles. The Kier molecular flexibility index (Phi) is 18.3. The van der Waals surface area contributed by atoms with Gasteiger partial charge in [0.2, 0.25) is 0 Å². The van der Waals surface area contributed by atoms with Crippen molar-refractivity contribution >= 4 is 12.1 Å². The van der Waals surface area contributed by atoms with Crippen molar-refractivity contribution in [3.8, 4) is 0 Å². The number of aldehydes is 1.